The minimum absolute atomic E-state index is 0.176. The molecule has 0 unspecified atom stereocenters. The topological polar surface area (TPSA) is 93.2 Å². The van der Waals surface area contributed by atoms with Gasteiger partial charge in [0.25, 0.3) is 0 Å². The van der Waals surface area contributed by atoms with E-state index in [1.165, 1.54) is 6.92 Å². The molecule has 2 aliphatic heterocycles. The molecule has 0 radical (unpaired) electrons. The predicted octanol–water partition coefficient (Wildman–Crippen LogP) is 5.10. The number of nitrogens with zero attached hydrogens (tertiary/aromatic N) is 2. The lowest BCUT2D eigenvalue weighted by molar-refractivity contribution is -0.163. The van der Waals surface area contributed by atoms with E-state index in [1.807, 2.05) is 74.5 Å². The predicted molar refractivity (Wildman–Crippen MR) is 157 cm³/mol. The van der Waals surface area contributed by atoms with Gasteiger partial charge in [0.2, 0.25) is 11.8 Å². The summed E-state index contributed by atoms with van der Waals surface area (Å²) in [4.78, 5) is 52.5. The summed E-state index contributed by atoms with van der Waals surface area (Å²) < 4.78 is 36.5. The van der Waals surface area contributed by atoms with Crippen molar-refractivity contribution in [2.75, 3.05) is 39.7 Å². The van der Waals surface area contributed by atoms with Crippen molar-refractivity contribution in [2.24, 2.45) is 23.2 Å². The quantitative estimate of drug-likeness (QED) is 0.278. The number of rotatable bonds is 10. The lowest BCUT2D eigenvalue weighted by Crippen LogP contribution is -2.43. The smallest absolute Gasteiger partial charge is 0.321 e. The first-order valence-electron chi connectivity index (χ1n) is 14.7. The van der Waals surface area contributed by atoms with Gasteiger partial charge in [-0.2, -0.15) is 0 Å². The van der Waals surface area contributed by atoms with E-state index in [0.717, 1.165) is 11.1 Å². The second kappa shape index (κ2) is 15.1. The molecule has 2 heterocycles. The summed E-state index contributed by atoms with van der Waals surface area (Å²) in [6.07, 6.45) is 0. The SMILES string of the molecule is CCOC(=O)[C@@H]1C(=O)N([C@H](C)c2ccccc2)C[C@H]1CF.CCOC(=O)[C@@]1(C)C(=O)N([C@H](C)c2ccccc2)C[C@H]1CF. The van der Waals surface area contributed by atoms with Crippen LogP contribution in [0.5, 0.6) is 0 Å². The minimum atomic E-state index is -1.44. The second-order valence-electron chi connectivity index (χ2n) is 11.0. The first-order valence-corrected chi connectivity index (χ1v) is 14.7. The number of amides is 2. The third-order valence-electron chi connectivity index (χ3n) is 8.51. The van der Waals surface area contributed by atoms with Crippen molar-refractivity contribution in [1.82, 2.24) is 9.80 Å². The summed E-state index contributed by atoms with van der Waals surface area (Å²) in [5, 5.41) is 0. The molecule has 2 saturated heterocycles. The van der Waals surface area contributed by atoms with Crippen molar-refractivity contribution < 1.29 is 37.4 Å². The second-order valence-corrected chi connectivity index (χ2v) is 11.0. The van der Waals surface area contributed by atoms with Crippen LogP contribution in [0.15, 0.2) is 60.7 Å². The molecule has 4 rings (SSSR count). The van der Waals surface area contributed by atoms with Gasteiger partial charge in [-0.15, -0.1) is 0 Å². The van der Waals surface area contributed by atoms with Gasteiger partial charge in [0.05, 0.1) is 38.6 Å². The monoisotopic (exact) mass is 600 g/mol. The Kier molecular flexibility index (Phi) is 11.8. The van der Waals surface area contributed by atoms with Crippen LogP contribution in [0, 0.1) is 23.2 Å². The van der Waals surface area contributed by atoms with Crippen LogP contribution in [-0.2, 0) is 28.7 Å². The molecule has 2 aromatic carbocycles. The lowest BCUT2D eigenvalue weighted by atomic mass is 9.80. The van der Waals surface area contributed by atoms with E-state index in [2.05, 4.69) is 0 Å². The number of hydrogen-bond acceptors (Lipinski definition) is 6. The average molecular weight is 601 g/mol. The molecule has 0 saturated carbocycles. The van der Waals surface area contributed by atoms with Crippen LogP contribution in [0.2, 0.25) is 0 Å². The zero-order valence-electron chi connectivity index (χ0n) is 25.5. The van der Waals surface area contributed by atoms with Crippen molar-refractivity contribution in [2.45, 2.75) is 46.7 Å². The summed E-state index contributed by atoms with van der Waals surface area (Å²) in [6, 6.07) is 18.6. The van der Waals surface area contributed by atoms with Crippen molar-refractivity contribution >= 4 is 23.8 Å². The van der Waals surface area contributed by atoms with Crippen molar-refractivity contribution in [1.29, 1.82) is 0 Å². The molecular formula is C33H42F2N2O6. The van der Waals surface area contributed by atoms with Crippen LogP contribution < -0.4 is 0 Å². The maximum absolute atomic E-state index is 13.4. The van der Waals surface area contributed by atoms with Crippen LogP contribution in [0.25, 0.3) is 0 Å². The Bertz CT molecular complexity index is 1250. The maximum Gasteiger partial charge on any atom is 0.321 e. The maximum atomic E-state index is 13.4. The number of likely N-dealkylation sites (tertiary alicyclic amines) is 2. The van der Waals surface area contributed by atoms with Gasteiger partial charge in [0.15, 0.2) is 5.41 Å². The summed E-state index contributed by atoms with van der Waals surface area (Å²) >= 11 is 0. The average Bonchev–Trinajstić information content (AvgIpc) is 3.50. The molecule has 43 heavy (non-hydrogen) atoms. The van der Waals surface area contributed by atoms with E-state index in [-0.39, 0.29) is 50.2 Å². The van der Waals surface area contributed by atoms with E-state index in [0.29, 0.717) is 0 Å². The van der Waals surface area contributed by atoms with Gasteiger partial charge in [-0.1, -0.05) is 60.7 Å². The largest absolute Gasteiger partial charge is 0.465 e. The first kappa shape index (κ1) is 33.7. The summed E-state index contributed by atoms with van der Waals surface area (Å²) in [5.41, 5.74) is 0.489. The molecule has 6 atom stereocenters. The number of benzene rings is 2. The third-order valence-corrected chi connectivity index (χ3v) is 8.51. The fraction of sp³-hybridized carbons (Fsp3) is 0.515. The van der Waals surface area contributed by atoms with Gasteiger partial charge in [0.1, 0.15) is 5.92 Å². The van der Waals surface area contributed by atoms with Crippen molar-refractivity contribution in [3.8, 4) is 0 Å². The zero-order chi connectivity index (χ0) is 31.7. The zero-order valence-corrected chi connectivity index (χ0v) is 25.5. The summed E-state index contributed by atoms with van der Waals surface area (Å²) in [6.45, 7) is 8.03. The summed E-state index contributed by atoms with van der Waals surface area (Å²) in [7, 11) is 0. The molecule has 0 N–H and O–H groups in total. The molecular weight excluding hydrogens is 558 g/mol. The van der Waals surface area contributed by atoms with Crippen molar-refractivity contribution in [3.63, 3.8) is 0 Å². The lowest BCUT2D eigenvalue weighted by Gasteiger charge is -2.27. The first-order chi connectivity index (χ1) is 20.6. The molecule has 234 valence electrons. The van der Waals surface area contributed by atoms with Crippen LogP contribution >= 0.6 is 0 Å². The van der Waals surface area contributed by atoms with Gasteiger partial charge in [-0.05, 0) is 45.7 Å². The molecule has 2 aromatic rings. The minimum Gasteiger partial charge on any atom is -0.465 e. The standard InChI is InChI=1S/C17H22FNO3.C16H20FNO3/c1-4-22-16(21)17(3)14(10-18)11-19(15(17)20)12(2)13-8-6-5-7-9-13;1-3-21-16(20)14-13(9-17)10-18(15(14)19)11(2)12-7-5-4-6-8-12/h5-9,12,14H,4,10-11H2,1-3H3;4-8,11,13-14H,3,9-10H2,1-2H3/t12-,14-,17-;11-,13-,14+/m11/s1. The number of carbonyl (C=O) groups is 4. The highest BCUT2D eigenvalue weighted by Crippen LogP contribution is 2.42. The molecule has 0 aliphatic carbocycles. The molecule has 0 aromatic heterocycles. The molecule has 2 fully saturated rings. The number of hydrogen-bond donors (Lipinski definition) is 0. The highest BCUT2D eigenvalue weighted by Gasteiger charge is 2.58. The number of carbonyl (C=O) groups excluding carboxylic acids is 4. The van der Waals surface area contributed by atoms with Crippen LogP contribution in [0.4, 0.5) is 8.78 Å². The van der Waals surface area contributed by atoms with Gasteiger partial charge >= 0.3 is 11.9 Å². The highest BCUT2D eigenvalue weighted by atomic mass is 19.1. The summed E-state index contributed by atoms with van der Waals surface area (Å²) in [5.74, 6) is -4.26. The Hall–Kier alpha value is -3.82. The Balaban J connectivity index is 0.000000236. The van der Waals surface area contributed by atoms with E-state index >= 15 is 0 Å². The molecule has 10 heteroatoms. The van der Waals surface area contributed by atoms with Gasteiger partial charge in [-0.3, -0.25) is 28.0 Å². The number of alkyl halides is 2. The van der Waals surface area contributed by atoms with Crippen LogP contribution in [0.3, 0.4) is 0 Å². The fourth-order valence-corrected chi connectivity index (χ4v) is 5.71. The van der Waals surface area contributed by atoms with Crippen LogP contribution in [-0.4, -0.2) is 73.2 Å². The van der Waals surface area contributed by atoms with E-state index in [1.54, 1.807) is 23.6 Å². The molecule has 0 spiro atoms. The van der Waals surface area contributed by atoms with E-state index in [9.17, 15) is 28.0 Å². The normalized spacial score (nSPS) is 24.7. The Morgan fingerprint density at radius 3 is 1.81 bits per heavy atom. The number of halogens is 2. The highest BCUT2D eigenvalue weighted by molar-refractivity contribution is 6.04. The van der Waals surface area contributed by atoms with Gasteiger partial charge in [0, 0.05) is 24.9 Å². The molecule has 0 bridgehead atoms. The van der Waals surface area contributed by atoms with Gasteiger partial charge in [-0.25, -0.2) is 0 Å². The van der Waals surface area contributed by atoms with Crippen molar-refractivity contribution in [3.05, 3.63) is 71.8 Å². The number of ether oxygens (including phenoxy) is 2. The van der Waals surface area contributed by atoms with E-state index < -0.39 is 48.5 Å². The Morgan fingerprint density at radius 2 is 1.35 bits per heavy atom. The van der Waals surface area contributed by atoms with Crippen LogP contribution in [0.1, 0.15) is 57.8 Å². The Labute approximate surface area is 252 Å². The van der Waals surface area contributed by atoms with Gasteiger partial charge < -0.3 is 19.3 Å². The number of esters is 2. The molecule has 8 nitrogen and oxygen atoms in total. The fourth-order valence-electron chi connectivity index (χ4n) is 5.71. The Morgan fingerprint density at radius 1 is 0.837 bits per heavy atom. The molecule has 2 amide bonds. The van der Waals surface area contributed by atoms with E-state index in [4.69, 9.17) is 9.47 Å². The third kappa shape index (κ3) is 7.05. The molecule has 2 aliphatic rings.